The Balaban J connectivity index is 2.36. The molecule has 0 unspecified atom stereocenters. The molecule has 1 aromatic rings. The van der Waals surface area contributed by atoms with Crippen molar-refractivity contribution in [3.05, 3.63) is 29.8 Å². The van der Waals surface area contributed by atoms with Crippen LogP contribution in [0.2, 0.25) is 0 Å². The third-order valence-electron chi connectivity index (χ3n) is 3.00. The maximum Gasteiger partial charge on any atom is 0.287 e. The largest absolute Gasteiger partial charge is 0.497 e. The Morgan fingerprint density at radius 3 is 2.24 bits per heavy atom. The summed E-state index contributed by atoms with van der Waals surface area (Å²) in [5.74, 6) is -0.342. The normalized spacial score (nSPS) is 10.5. The molecule has 0 atom stereocenters. The molecule has 1 amide bonds. The second kappa shape index (κ2) is 9.10. The van der Waals surface area contributed by atoms with E-state index in [1.54, 1.807) is 19.2 Å². The summed E-state index contributed by atoms with van der Waals surface area (Å²) in [6.07, 6.45) is -0.0360. The van der Waals surface area contributed by atoms with Gasteiger partial charge >= 0.3 is 0 Å². The summed E-state index contributed by atoms with van der Waals surface area (Å²) in [4.78, 5) is 23.3. The number of hydrogen-bond donors (Lipinski definition) is 1. The maximum atomic E-state index is 11.7. The third-order valence-corrected chi connectivity index (χ3v) is 3.00. The number of nitrogens with one attached hydrogen (secondary N) is 1. The van der Waals surface area contributed by atoms with Gasteiger partial charge in [0, 0.05) is 33.6 Å². The van der Waals surface area contributed by atoms with E-state index in [0.29, 0.717) is 13.0 Å². The lowest BCUT2D eigenvalue weighted by Crippen LogP contribution is -2.31. The molecule has 0 spiro atoms. The molecule has 1 aromatic carbocycles. The second-order valence-electron chi connectivity index (χ2n) is 4.39. The number of methoxy groups -OCH3 is 3. The molecule has 0 saturated heterocycles. The molecule has 116 valence electrons. The number of rotatable bonds is 9. The Kier molecular flexibility index (Phi) is 7.42. The van der Waals surface area contributed by atoms with E-state index in [-0.39, 0.29) is 6.42 Å². The minimum absolute atomic E-state index is 0.0841. The zero-order valence-electron chi connectivity index (χ0n) is 12.5. The SMILES string of the molecule is COc1ccc(CNC(=O)C(=O)CCC(OC)OC)cc1. The first kappa shape index (κ1) is 17.1. The lowest BCUT2D eigenvalue weighted by molar-refractivity contribution is -0.140. The van der Waals surface area contributed by atoms with Gasteiger partial charge in [-0.15, -0.1) is 0 Å². The van der Waals surface area contributed by atoms with Crippen molar-refractivity contribution in [1.82, 2.24) is 5.32 Å². The quantitative estimate of drug-likeness (QED) is 0.549. The molecule has 0 heterocycles. The number of ketones is 1. The highest BCUT2D eigenvalue weighted by Gasteiger charge is 2.16. The number of hydrogen-bond acceptors (Lipinski definition) is 5. The summed E-state index contributed by atoms with van der Waals surface area (Å²) in [5, 5.41) is 2.59. The summed E-state index contributed by atoms with van der Waals surface area (Å²) in [6.45, 7) is 0.298. The Hall–Kier alpha value is -1.92. The number of ether oxygens (including phenoxy) is 3. The van der Waals surface area contributed by atoms with E-state index in [2.05, 4.69) is 5.32 Å². The van der Waals surface area contributed by atoms with Gasteiger partial charge < -0.3 is 19.5 Å². The van der Waals surface area contributed by atoms with Crippen LogP contribution in [0, 0.1) is 0 Å². The number of Topliss-reactive ketones (excluding diaryl/α,β-unsaturated/α-hetero) is 1. The molecule has 0 aliphatic carbocycles. The van der Waals surface area contributed by atoms with Gasteiger partial charge in [-0.3, -0.25) is 9.59 Å². The van der Waals surface area contributed by atoms with Crippen LogP contribution in [-0.4, -0.2) is 39.3 Å². The van der Waals surface area contributed by atoms with E-state index in [1.807, 2.05) is 12.1 Å². The fraction of sp³-hybridized carbons (Fsp3) is 0.467. The lowest BCUT2D eigenvalue weighted by Gasteiger charge is -2.12. The number of amides is 1. The first-order valence-corrected chi connectivity index (χ1v) is 6.60. The van der Waals surface area contributed by atoms with Gasteiger partial charge in [-0.2, -0.15) is 0 Å². The number of carbonyl (C=O) groups excluding carboxylic acids is 2. The molecule has 0 fully saturated rings. The van der Waals surface area contributed by atoms with Crippen LogP contribution in [0.25, 0.3) is 0 Å². The Labute approximate surface area is 124 Å². The van der Waals surface area contributed by atoms with Crippen molar-refractivity contribution in [2.45, 2.75) is 25.7 Å². The fourth-order valence-electron chi connectivity index (χ4n) is 1.72. The maximum absolute atomic E-state index is 11.7. The van der Waals surface area contributed by atoms with Crippen molar-refractivity contribution in [1.29, 1.82) is 0 Å². The second-order valence-corrected chi connectivity index (χ2v) is 4.39. The van der Waals surface area contributed by atoms with Crippen LogP contribution in [0.4, 0.5) is 0 Å². The van der Waals surface area contributed by atoms with Gasteiger partial charge in [0.2, 0.25) is 5.78 Å². The van der Waals surface area contributed by atoms with Crippen LogP contribution in [0.3, 0.4) is 0 Å². The summed E-state index contributed by atoms with van der Waals surface area (Å²) in [5.41, 5.74) is 0.892. The van der Waals surface area contributed by atoms with Gasteiger partial charge in [-0.1, -0.05) is 12.1 Å². The molecule has 0 aliphatic heterocycles. The van der Waals surface area contributed by atoms with E-state index in [4.69, 9.17) is 14.2 Å². The van der Waals surface area contributed by atoms with Crippen LogP contribution in [-0.2, 0) is 25.6 Å². The smallest absolute Gasteiger partial charge is 0.287 e. The molecule has 1 N–H and O–H groups in total. The molecule has 0 aliphatic rings. The van der Waals surface area contributed by atoms with Crippen LogP contribution >= 0.6 is 0 Å². The summed E-state index contributed by atoms with van der Waals surface area (Å²) >= 11 is 0. The Bertz CT molecular complexity index is 454. The molecular formula is C15H21NO5. The van der Waals surface area contributed by atoms with Gasteiger partial charge in [0.15, 0.2) is 6.29 Å². The van der Waals surface area contributed by atoms with Gasteiger partial charge in [0.25, 0.3) is 5.91 Å². The van der Waals surface area contributed by atoms with E-state index >= 15 is 0 Å². The van der Waals surface area contributed by atoms with E-state index in [1.165, 1.54) is 14.2 Å². The van der Waals surface area contributed by atoms with E-state index in [9.17, 15) is 9.59 Å². The van der Waals surface area contributed by atoms with Crippen LogP contribution in [0.15, 0.2) is 24.3 Å². The fourth-order valence-corrected chi connectivity index (χ4v) is 1.72. The van der Waals surface area contributed by atoms with E-state index in [0.717, 1.165) is 11.3 Å². The van der Waals surface area contributed by atoms with Crippen molar-refractivity contribution < 1.29 is 23.8 Å². The summed E-state index contributed by atoms with van der Waals surface area (Å²) < 4.78 is 15.0. The predicted molar refractivity (Wildman–Crippen MR) is 76.9 cm³/mol. The highest BCUT2D eigenvalue weighted by molar-refractivity contribution is 6.36. The predicted octanol–water partition coefficient (Wildman–Crippen LogP) is 1.28. The first-order chi connectivity index (χ1) is 10.1. The van der Waals surface area contributed by atoms with Gasteiger partial charge in [-0.05, 0) is 17.7 Å². The van der Waals surface area contributed by atoms with Crippen molar-refractivity contribution in [3.63, 3.8) is 0 Å². The summed E-state index contributed by atoms with van der Waals surface area (Å²) in [7, 11) is 4.56. The molecule has 0 aromatic heterocycles. The first-order valence-electron chi connectivity index (χ1n) is 6.60. The van der Waals surface area contributed by atoms with Crippen molar-refractivity contribution in [2.75, 3.05) is 21.3 Å². The monoisotopic (exact) mass is 295 g/mol. The average molecular weight is 295 g/mol. The van der Waals surface area contributed by atoms with Crippen molar-refractivity contribution >= 4 is 11.7 Å². The van der Waals surface area contributed by atoms with Crippen LogP contribution in [0.1, 0.15) is 18.4 Å². The van der Waals surface area contributed by atoms with Crippen molar-refractivity contribution in [3.8, 4) is 5.75 Å². The highest BCUT2D eigenvalue weighted by Crippen LogP contribution is 2.11. The number of carbonyl (C=O) groups is 2. The molecule has 6 nitrogen and oxygen atoms in total. The Morgan fingerprint density at radius 1 is 1.10 bits per heavy atom. The topological polar surface area (TPSA) is 73.9 Å². The Morgan fingerprint density at radius 2 is 1.71 bits per heavy atom. The molecule has 0 bridgehead atoms. The average Bonchev–Trinajstić information content (AvgIpc) is 2.53. The molecule has 6 heteroatoms. The molecule has 0 saturated carbocycles. The van der Waals surface area contributed by atoms with Crippen LogP contribution < -0.4 is 10.1 Å². The van der Waals surface area contributed by atoms with E-state index < -0.39 is 18.0 Å². The lowest BCUT2D eigenvalue weighted by atomic mass is 10.2. The molecule has 0 radical (unpaired) electrons. The van der Waals surface area contributed by atoms with Gasteiger partial charge in [-0.25, -0.2) is 0 Å². The zero-order chi connectivity index (χ0) is 15.7. The third kappa shape index (κ3) is 5.93. The molecule has 1 rings (SSSR count). The molecular weight excluding hydrogens is 274 g/mol. The summed E-state index contributed by atoms with van der Waals surface area (Å²) in [6, 6.07) is 7.25. The minimum atomic E-state index is -0.600. The standard InChI is InChI=1S/C15H21NO5/c1-19-12-6-4-11(5-7-12)10-16-15(18)13(17)8-9-14(20-2)21-3/h4-7,14H,8-10H2,1-3H3,(H,16,18). The zero-order valence-corrected chi connectivity index (χ0v) is 12.5. The van der Waals surface area contributed by atoms with Crippen LogP contribution in [0.5, 0.6) is 5.75 Å². The minimum Gasteiger partial charge on any atom is -0.497 e. The van der Waals surface area contributed by atoms with Gasteiger partial charge in [0.05, 0.1) is 7.11 Å². The number of benzene rings is 1. The highest BCUT2D eigenvalue weighted by atomic mass is 16.7. The van der Waals surface area contributed by atoms with Crippen molar-refractivity contribution in [2.24, 2.45) is 0 Å². The van der Waals surface area contributed by atoms with Gasteiger partial charge in [0.1, 0.15) is 5.75 Å². The molecule has 21 heavy (non-hydrogen) atoms.